The molecule has 1 aromatic heterocycles. The third kappa shape index (κ3) is 9.35. The van der Waals surface area contributed by atoms with Crippen LogP contribution in [-0.2, 0) is 22.4 Å². The van der Waals surface area contributed by atoms with Crippen molar-refractivity contribution in [2.45, 2.75) is 58.4 Å². The number of aryl methyl sites for hydroxylation is 1. The average Bonchev–Trinajstić information content (AvgIpc) is 2.76. The molecule has 4 N–H and O–H groups in total. The van der Waals surface area contributed by atoms with E-state index in [1.54, 1.807) is 0 Å². The van der Waals surface area contributed by atoms with Crippen LogP contribution in [0.5, 0.6) is 0 Å². The molecule has 0 saturated carbocycles. The first-order valence-electron chi connectivity index (χ1n) is 11.7. The molecule has 0 bridgehead atoms. The molecular formula is C25H39N5O3. The van der Waals surface area contributed by atoms with Gasteiger partial charge in [-0.3, -0.25) is 4.79 Å². The van der Waals surface area contributed by atoms with Gasteiger partial charge in [-0.2, -0.15) is 4.98 Å². The Labute approximate surface area is 197 Å². The Morgan fingerprint density at radius 3 is 2.52 bits per heavy atom. The van der Waals surface area contributed by atoms with E-state index in [-0.39, 0.29) is 31.0 Å². The molecule has 0 radical (unpaired) electrons. The third-order valence-electron chi connectivity index (χ3n) is 5.44. The van der Waals surface area contributed by atoms with Gasteiger partial charge in [0.1, 0.15) is 5.82 Å². The molecule has 2 rings (SSSR count). The van der Waals surface area contributed by atoms with E-state index >= 15 is 0 Å². The lowest BCUT2D eigenvalue weighted by Crippen LogP contribution is -2.25. The molecule has 8 nitrogen and oxygen atoms in total. The van der Waals surface area contributed by atoms with Gasteiger partial charge in [-0.05, 0) is 58.0 Å². The lowest BCUT2D eigenvalue weighted by atomic mass is 10.0. The number of nitrogens with zero attached hydrogens (tertiary/aromatic N) is 3. The van der Waals surface area contributed by atoms with Crippen molar-refractivity contribution >= 4 is 17.7 Å². The van der Waals surface area contributed by atoms with Crippen LogP contribution in [0.4, 0.5) is 11.8 Å². The summed E-state index contributed by atoms with van der Waals surface area (Å²) in [6.45, 7) is 5.47. The minimum Gasteiger partial charge on any atom is -0.465 e. The fourth-order valence-electron chi connectivity index (χ4n) is 3.61. The number of aliphatic hydroxyl groups excluding tert-OH is 1. The minimum atomic E-state index is -0.201. The maximum Gasteiger partial charge on any atom is 0.310 e. The molecule has 0 aliphatic heterocycles. The molecular weight excluding hydrogens is 418 g/mol. The van der Waals surface area contributed by atoms with Crippen molar-refractivity contribution in [1.82, 2.24) is 14.9 Å². The molecule has 0 unspecified atom stereocenters. The fourth-order valence-corrected chi connectivity index (χ4v) is 3.61. The van der Waals surface area contributed by atoms with Gasteiger partial charge in [-0.25, -0.2) is 4.98 Å². The molecule has 0 fully saturated rings. The Bertz CT molecular complexity index is 871. The first kappa shape index (κ1) is 26.5. The Balaban J connectivity index is 1.98. The molecule has 0 amide bonds. The second-order valence-electron chi connectivity index (χ2n) is 8.71. The summed E-state index contributed by atoms with van der Waals surface area (Å²) in [5, 5.41) is 13.0. The summed E-state index contributed by atoms with van der Waals surface area (Å²) in [6, 6.07) is 7.84. The van der Waals surface area contributed by atoms with Crippen molar-refractivity contribution in [1.29, 1.82) is 0 Å². The zero-order valence-electron chi connectivity index (χ0n) is 20.4. The fraction of sp³-hybridized carbons (Fsp3) is 0.560. The van der Waals surface area contributed by atoms with E-state index in [0.717, 1.165) is 54.6 Å². The van der Waals surface area contributed by atoms with Gasteiger partial charge in [-0.15, -0.1) is 0 Å². The third-order valence-corrected chi connectivity index (χ3v) is 5.44. The maximum absolute atomic E-state index is 12.1. The van der Waals surface area contributed by atoms with Crippen molar-refractivity contribution in [3.05, 3.63) is 46.6 Å². The Hall–Kier alpha value is -2.71. The number of esters is 1. The molecule has 33 heavy (non-hydrogen) atoms. The molecule has 0 aliphatic rings. The van der Waals surface area contributed by atoms with Crippen LogP contribution < -0.4 is 11.1 Å². The molecule has 0 aliphatic carbocycles. The second-order valence-corrected chi connectivity index (χ2v) is 8.71. The highest BCUT2D eigenvalue weighted by atomic mass is 16.5. The number of anilines is 2. The van der Waals surface area contributed by atoms with E-state index in [9.17, 15) is 9.90 Å². The minimum absolute atomic E-state index is 0.0245. The van der Waals surface area contributed by atoms with Crippen LogP contribution in [0.25, 0.3) is 0 Å². The molecule has 182 valence electrons. The summed E-state index contributed by atoms with van der Waals surface area (Å²) in [4.78, 5) is 22.9. The summed E-state index contributed by atoms with van der Waals surface area (Å²) >= 11 is 0. The standard InChI is InChI=1S/C25H39N5O3/c1-5-8-21(17-31)28-24-22(18(2)27-25(26)29-24)15-19-9-11-20(12-10-19)16-23(32)33-14-7-6-13-30(3)4/h9-12,21,31H,5-8,13-17H2,1-4H3,(H3,26,27,28,29)/t21-/m0/s1. The summed E-state index contributed by atoms with van der Waals surface area (Å²) in [5.41, 5.74) is 9.62. The van der Waals surface area contributed by atoms with Crippen LogP contribution in [-0.4, -0.2) is 65.8 Å². The number of unbranched alkanes of at least 4 members (excludes halogenated alkanes) is 1. The van der Waals surface area contributed by atoms with E-state index in [2.05, 4.69) is 27.1 Å². The number of nitrogen functional groups attached to an aromatic ring is 1. The zero-order chi connectivity index (χ0) is 24.2. The molecule has 2 aromatic rings. The number of carbonyl (C=O) groups is 1. The van der Waals surface area contributed by atoms with E-state index in [0.29, 0.717) is 18.8 Å². The first-order valence-corrected chi connectivity index (χ1v) is 11.7. The van der Waals surface area contributed by atoms with Crippen LogP contribution in [0.2, 0.25) is 0 Å². The predicted molar refractivity (Wildman–Crippen MR) is 132 cm³/mol. The number of rotatable bonds is 14. The van der Waals surface area contributed by atoms with E-state index in [1.807, 2.05) is 45.3 Å². The first-order chi connectivity index (χ1) is 15.8. The Morgan fingerprint density at radius 1 is 1.18 bits per heavy atom. The highest BCUT2D eigenvalue weighted by Crippen LogP contribution is 2.23. The number of nitrogens with two attached hydrogens (primary N) is 1. The summed E-state index contributed by atoms with van der Waals surface area (Å²) in [5.74, 6) is 0.671. The number of hydrogen-bond donors (Lipinski definition) is 3. The van der Waals surface area contributed by atoms with Crippen molar-refractivity contribution in [3.63, 3.8) is 0 Å². The van der Waals surface area contributed by atoms with Gasteiger partial charge in [0, 0.05) is 17.7 Å². The number of aliphatic hydroxyl groups is 1. The molecule has 1 heterocycles. The Kier molecular flexibility index (Phi) is 11.1. The highest BCUT2D eigenvalue weighted by Gasteiger charge is 2.15. The topological polar surface area (TPSA) is 114 Å². The van der Waals surface area contributed by atoms with Crippen LogP contribution in [0, 0.1) is 6.92 Å². The van der Waals surface area contributed by atoms with Gasteiger partial charge >= 0.3 is 5.97 Å². The molecule has 8 heteroatoms. The quantitative estimate of drug-likeness (QED) is 0.293. The Morgan fingerprint density at radius 2 is 1.88 bits per heavy atom. The average molecular weight is 458 g/mol. The number of aromatic nitrogens is 2. The second kappa shape index (κ2) is 13.7. The predicted octanol–water partition coefficient (Wildman–Crippen LogP) is 2.96. The van der Waals surface area contributed by atoms with Crippen molar-refractivity contribution in [2.24, 2.45) is 0 Å². The maximum atomic E-state index is 12.1. The van der Waals surface area contributed by atoms with Gasteiger partial charge < -0.3 is 25.8 Å². The largest absolute Gasteiger partial charge is 0.465 e. The molecule has 1 atom stereocenters. The van der Waals surface area contributed by atoms with E-state index in [4.69, 9.17) is 10.5 Å². The van der Waals surface area contributed by atoms with Crippen LogP contribution >= 0.6 is 0 Å². The molecule has 1 aromatic carbocycles. The van der Waals surface area contributed by atoms with Crippen molar-refractivity contribution in [2.75, 3.05) is 44.9 Å². The smallest absolute Gasteiger partial charge is 0.310 e. The number of carbonyl (C=O) groups excluding carboxylic acids is 1. The monoisotopic (exact) mass is 457 g/mol. The number of ether oxygens (including phenoxy) is 1. The highest BCUT2D eigenvalue weighted by molar-refractivity contribution is 5.72. The SMILES string of the molecule is CCC[C@@H](CO)Nc1nc(N)nc(C)c1Cc1ccc(CC(=O)OCCCCN(C)C)cc1. The van der Waals surface area contributed by atoms with E-state index in [1.165, 1.54) is 0 Å². The zero-order valence-corrected chi connectivity index (χ0v) is 20.4. The van der Waals surface area contributed by atoms with Gasteiger partial charge in [-0.1, -0.05) is 37.6 Å². The van der Waals surface area contributed by atoms with E-state index < -0.39 is 0 Å². The summed E-state index contributed by atoms with van der Waals surface area (Å²) < 4.78 is 5.35. The lowest BCUT2D eigenvalue weighted by molar-refractivity contribution is -0.142. The van der Waals surface area contributed by atoms with Gasteiger partial charge in [0.25, 0.3) is 0 Å². The van der Waals surface area contributed by atoms with Crippen molar-refractivity contribution in [3.8, 4) is 0 Å². The number of nitrogens with one attached hydrogen (secondary N) is 1. The van der Waals surface area contributed by atoms with Crippen molar-refractivity contribution < 1.29 is 14.6 Å². The molecule has 0 saturated heterocycles. The lowest BCUT2D eigenvalue weighted by Gasteiger charge is -2.20. The van der Waals surface area contributed by atoms with Crippen LogP contribution in [0.1, 0.15) is 55.0 Å². The number of benzene rings is 1. The number of hydrogen-bond acceptors (Lipinski definition) is 8. The summed E-state index contributed by atoms with van der Waals surface area (Å²) in [7, 11) is 4.07. The van der Waals surface area contributed by atoms with Crippen LogP contribution in [0.15, 0.2) is 24.3 Å². The van der Waals surface area contributed by atoms with Gasteiger partial charge in [0.15, 0.2) is 0 Å². The normalized spacial score (nSPS) is 12.1. The van der Waals surface area contributed by atoms with Gasteiger partial charge in [0.05, 0.1) is 25.7 Å². The molecule has 0 spiro atoms. The summed E-state index contributed by atoms with van der Waals surface area (Å²) in [6.07, 6.45) is 4.55. The van der Waals surface area contributed by atoms with Crippen LogP contribution in [0.3, 0.4) is 0 Å². The van der Waals surface area contributed by atoms with Gasteiger partial charge in [0.2, 0.25) is 5.95 Å².